The first kappa shape index (κ1) is 13.3. The van der Waals surface area contributed by atoms with Gasteiger partial charge in [-0.25, -0.2) is 4.98 Å². The molecule has 0 spiro atoms. The van der Waals surface area contributed by atoms with Crippen LogP contribution in [-0.2, 0) is 0 Å². The van der Waals surface area contributed by atoms with Crippen LogP contribution in [0.5, 0.6) is 0 Å². The number of aryl methyl sites for hydroxylation is 1. The topological polar surface area (TPSA) is 94.1 Å². The number of non-ortho nitro benzene ring substituents is 1. The lowest BCUT2D eigenvalue weighted by molar-refractivity contribution is -0.384. The van der Waals surface area contributed by atoms with E-state index in [-0.39, 0.29) is 11.7 Å². The van der Waals surface area contributed by atoms with E-state index >= 15 is 0 Å². The molecule has 0 aliphatic heterocycles. The van der Waals surface area contributed by atoms with E-state index in [9.17, 15) is 10.1 Å². The van der Waals surface area contributed by atoms with E-state index < -0.39 is 4.92 Å². The fourth-order valence-corrected chi connectivity index (χ4v) is 2.46. The molecule has 1 atom stereocenters. The third-order valence-corrected chi connectivity index (χ3v) is 3.77. The first-order chi connectivity index (χ1) is 8.97. The summed E-state index contributed by atoms with van der Waals surface area (Å²) in [7, 11) is 0. The van der Waals surface area contributed by atoms with Crippen LogP contribution in [0.15, 0.2) is 23.6 Å². The van der Waals surface area contributed by atoms with Crippen molar-refractivity contribution in [3.05, 3.63) is 44.4 Å². The van der Waals surface area contributed by atoms with E-state index in [4.69, 9.17) is 5.73 Å². The molecule has 7 heteroatoms. The van der Waals surface area contributed by atoms with E-state index in [1.807, 2.05) is 19.2 Å². The molecular weight excluding hydrogens is 264 g/mol. The summed E-state index contributed by atoms with van der Waals surface area (Å²) in [6, 6.07) is 4.40. The van der Waals surface area contributed by atoms with E-state index in [0.29, 0.717) is 11.4 Å². The number of benzene rings is 1. The van der Waals surface area contributed by atoms with E-state index in [1.165, 1.54) is 12.1 Å². The molecular formula is C12H14N4O2S. The number of rotatable bonds is 4. The number of nitrogens with zero attached hydrogens (tertiary/aromatic N) is 2. The number of nitrogens with one attached hydrogen (secondary N) is 1. The Bertz CT molecular complexity index is 612. The normalized spacial score (nSPS) is 12.1. The van der Waals surface area contributed by atoms with Crippen molar-refractivity contribution < 1.29 is 4.92 Å². The molecule has 6 nitrogen and oxygen atoms in total. The number of hydrogen-bond donors (Lipinski definition) is 2. The number of nitro groups is 1. The average molecular weight is 278 g/mol. The number of aromatic nitrogens is 1. The summed E-state index contributed by atoms with van der Waals surface area (Å²) >= 11 is 1.57. The minimum Gasteiger partial charge on any atom is -0.397 e. The molecule has 1 unspecified atom stereocenters. The number of nitrogen functional groups attached to an aromatic ring is 1. The minimum absolute atomic E-state index is 0.00227. The van der Waals surface area contributed by atoms with E-state index in [0.717, 1.165) is 10.7 Å². The number of nitrogens with two attached hydrogens (primary N) is 1. The Balaban J connectivity index is 2.17. The molecule has 100 valence electrons. The Hall–Kier alpha value is -2.15. The summed E-state index contributed by atoms with van der Waals surface area (Å²) in [5.41, 5.74) is 7.80. The first-order valence-corrected chi connectivity index (χ1v) is 6.58. The van der Waals surface area contributed by atoms with Gasteiger partial charge in [0, 0.05) is 23.2 Å². The third-order valence-electron chi connectivity index (χ3n) is 2.63. The van der Waals surface area contributed by atoms with Crippen molar-refractivity contribution in [1.29, 1.82) is 0 Å². The zero-order valence-corrected chi connectivity index (χ0v) is 11.4. The van der Waals surface area contributed by atoms with Gasteiger partial charge in [-0.2, -0.15) is 0 Å². The minimum atomic E-state index is -0.465. The molecule has 1 aromatic heterocycles. The monoisotopic (exact) mass is 278 g/mol. The van der Waals surface area contributed by atoms with Crippen molar-refractivity contribution >= 4 is 28.4 Å². The SMILES string of the molecule is Cc1csc(C(C)Nc2ccc([N+](=O)[O-])cc2N)n1. The van der Waals surface area contributed by atoms with Crippen LogP contribution in [0.1, 0.15) is 23.7 Å². The van der Waals surface area contributed by atoms with Crippen LogP contribution in [0.4, 0.5) is 17.1 Å². The lowest BCUT2D eigenvalue weighted by Crippen LogP contribution is -2.08. The number of anilines is 2. The van der Waals surface area contributed by atoms with E-state index in [2.05, 4.69) is 10.3 Å². The van der Waals surface area contributed by atoms with Gasteiger partial charge in [0.05, 0.1) is 22.3 Å². The number of nitro benzene ring substituents is 1. The van der Waals surface area contributed by atoms with Crippen molar-refractivity contribution in [3.63, 3.8) is 0 Å². The maximum absolute atomic E-state index is 10.6. The van der Waals surface area contributed by atoms with Crippen LogP contribution >= 0.6 is 11.3 Å². The highest BCUT2D eigenvalue weighted by Crippen LogP contribution is 2.28. The molecule has 2 aromatic rings. The highest BCUT2D eigenvalue weighted by molar-refractivity contribution is 7.09. The molecule has 1 heterocycles. The fraction of sp³-hybridized carbons (Fsp3) is 0.250. The summed E-state index contributed by atoms with van der Waals surface area (Å²) < 4.78 is 0. The molecule has 0 fully saturated rings. The van der Waals surface area contributed by atoms with Crippen molar-refractivity contribution in [2.45, 2.75) is 19.9 Å². The summed E-state index contributed by atoms with van der Waals surface area (Å²) in [6.07, 6.45) is 0. The zero-order valence-electron chi connectivity index (χ0n) is 10.6. The van der Waals surface area contributed by atoms with Crippen LogP contribution in [0.25, 0.3) is 0 Å². The predicted octanol–water partition coefficient (Wildman–Crippen LogP) is 3.12. The quantitative estimate of drug-likeness (QED) is 0.509. The largest absolute Gasteiger partial charge is 0.397 e. The Morgan fingerprint density at radius 3 is 2.79 bits per heavy atom. The Morgan fingerprint density at radius 2 is 2.26 bits per heavy atom. The highest BCUT2D eigenvalue weighted by Gasteiger charge is 2.13. The maximum atomic E-state index is 10.6. The predicted molar refractivity (Wildman–Crippen MR) is 76.4 cm³/mol. The molecule has 0 bridgehead atoms. The molecule has 0 amide bonds. The molecule has 0 radical (unpaired) electrons. The van der Waals surface area contributed by atoms with Crippen LogP contribution in [-0.4, -0.2) is 9.91 Å². The Labute approximate surface area is 114 Å². The molecule has 0 saturated carbocycles. The Morgan fingerprint density at radius 1 is 1.53 bits per heavy atom. The maximum Gasteiger partial charge on any atom is 0.271 e. The van der Waals surface area contributed by atoms with Crippen LogP contribution < -0.4 is 11.1 Å². The van der Waals surface area contributed by atoms with Gasteiger partial charge in [0.2, 0.25) is 0 Å². The summed E-state index contributed by atoms with van der Waals surface area (Å²) in [6.45, 7) is 3.91. The van der Waals surface area contributed by atoms with Gasteiger partial charge in [-0.15, -0.1) is 11.3 Å². The van der Waals surface area contributed by atoms with Gasteiger partial charge in [-0.1, -0.05) is 0 Å². The summed E-state index contributed by atoms with van der Waals surface area (Å²) in [4.78, 5) is 14.6. The smallest absolute Gasteiger partial charge is 0.271 e. The van der Waals surface area contributed by atoms with E-state index in [1.54, 1.807) is 17.4 Å². The fourth-order valence-electron chi connectivity index (χ4n) is 1.66. The van der Waals surface area contributed by atoms with Gasteiger partial charge in [-0.3, -0.25) is 10.1 Å². The molecule has 0 aliphatic rings. The van der Waals surface area contributed by atoms with Gasteiger partial charge in [0.1, 0.15) is 5.01 Å². The van der Waals surface area contributed by atoms with Crippen molar-refractivity contribution in [2.75, 3.05) is 11.1 Å². The second-order valence-corrected chi connectivity index (χ2v) is 5.11. The van der Waals surface area contributed by atoms with Gasteiger partial charge >= 0.3 is 0 Å². The molecule has 19 heavy (non-hydrogen) atoms. The Kier molecular flexibility index (Phi) is 3.66. The van der Waals surface area contributed by atoms with Gasteiger partial charge < -0.3 is 11.1 Å². The van der Waals surface area contributed by atoms with Crippen molar-refractivity contribution in [1.82, 2.24) is 4.98 Å². The zero-order chi connectivity index (χ0) is 14.0. The molecule has 3 N–H and O–H groups in total. The average Bonchev–Trinajstić information content (AvgIpc) is 2.78. The molecule has 1 aromatic carbocycles. The number of thiazole rings is 1. The second-order valence-electron chi connectivity index (χ2n) is 4.22. The molecule has 2 rings (SSSR count). The third kappa shape index (κ3) is 3.00. The van der Waals surface area contributed by atoms with Gasteiger partial charge in [0.15, 0.2) is 0 Å². The van der Waals surface area contributed by atoms with Crippen molar-refractivity contribution in [2.24, 2.45) is 0 Å². The summed E-state index contributed by atoms with van der Waals surface area (Å²) in [5, 5.41) is 16.8. The standard InChI is InChI=1S/C12H14N4O2S/c1-7-6-19-12(14-7)8(2)15-11-4-3-9(16(17)18)5-10(11)13/h3-6,8,15H,13H2,1-2H3. The van der Waals surface area contributed by atoms with Crippen molar-refractivity contribution in [3.8, 4) is 0 Å². The van der Waals surface area contributed by atoms with Crippen LogP contribution in [0, 0.1) is 17.0 Å². The first-order valence-electron chi connectivity index (χ1n) is 5.70. The van der Waals surface area contributed by atoms with Gasteiger partial charge in [0.25, 0.3) is 5.69 Å². The van der Waals surface area contributed by atoms with Gasteiger partial charge in [-0.05, 0) is 19.9 Å². The number of hydrogen-bond acceptors (Lipinski definition) is 6. The highest BCUT2D eigenvalue weighted by atomic mass is 32.1. The summed E-state index contributed by atoms with van der Waals surface area (Å²) in [5.74, 6) is 0. The molecule has 0 saturated heterocycles. The second kappa shape index (κ2) is 5.23. The lowest BCUT2D eigenvalue weighted by atomic mass is 10.2. The lowest BCUT2D eigenvalue weighted by Gasteiger charge is -2.14. The molecule has 0 aliphatic carbocycles. The van der Waals surface area contributed by atoms with Crippen LogP contribution in [0.2, 0.25) is 0 Å². The van der Waals surface area contributed by atoms with Crippen LogP contribution in [0.3, 0.4) is 0 Å².